The topological polar surface area (TPSA) is 41.8 Å². The van der Waals surface area contributed by atoms with Gasteiger partial charge in [0, 0.05) is 0 Å². The summed E-state index contributed by atoms with van der Waals surface area (Å²) in [6.45, 7) is 0. The summed E-state index contributed by atoms with van der Waals surface area (Å²) in [7, 11) is 0. The highest BCUT2D eigenvalue weighted by molar-refractivity contribution is 5.79. The molecule has 0 saturated heterocycles. The molecule has 0 amide bonds. The molecule has 1 aromatic carbocycles. The van der Waals surface area contributed by atoms with Gasteiger partial charge in [-0.25, -0.2) is 0 Å². The Hall–Kier alpha value is -1.51. The van der Waals surface area contributed by atoms with E-state index in [2.05, 4.69) is 10.4 Å². The Kier molecular flexibility index (Phi) is 2.31. The zero-order valence-electron chi connectivity index (χ0n) is 5.27. The van der Waals surface area contributed by atoms with Crippen LogP contribution in [0, 0.1) is 4.91 Å². The molecule has 3 nitrogen and oxygen atoms in total. The number of nitroso groups, excluding NO2 is 1. The standard InChI is InChI=1S/C7H6N2O/c10-9-8-6-7-4-2-1-3-5-7/h1-6H. The SMILES string of the molecule is O=NN=Cc1ccccc1. The number of nitrogens with zero attached hydrogens (tertiary/aromatic N) is 2. The third kappa shape index (κ3) is 1.78. The molecular weight excluding hydrogens is 128 g/mol. The lowest BCUT2D eigenvalue weighted by molar-refractivity contribution is 1.23. The Morgan fingerprint density at radius 1 is 1.20 bits per heavy atom. The Morgan fingerprint density at radius 2 is 1.90 bits per heavy atom. The van der Waals surface area contributed by atoms with E-state index in [-0.39, 0.29) is 0 Å². The van der Waals surface area contributed by atoms with Crippen molar-refractivity contribution in [1.82, 2.24) is 0 Å². The summed E-state index contributed by atoms with van der Waals surface area (Å²) >= 11 is 0. The molecule has 1 aromatic rings. The average Bonchev–Trinajstić information content (AvgIpc) is 2.03. The van der Waals surface area contributed by atoms with Crippen molar-refractivity contribution >= 4 is 6.21 Å². The normalized spacial score (nSPS) is 10.0. The zero-order chi connectivity index (χ0) is 7.23. The van der Waals surface area contributed by atoms with Crippen LogP contribution < -0.4 is 0 Å². The van der Waals surface area contributed by atoms with Crippen molar-refractivity contribution in [3.8, 4) is 0 Å². The van der Waals surface area contributed by atoms with Crippen LogP contribution in [0.5, 0.6) is 0 Å². The van der Waals surface area contributed by atoms with Gasteiger partial charge in [-0.3, -0.25) is 0 Å². The first-order valence-corrected chi connectivity index (χ1v) is 2.84. The monoisotopic (exact) mass is 134 g/mol. The Labute approximate surface area is 58.4 Å². The number of hydrogen-bond donors (Lipinski definition) is 0. The summed E-state index contributed by atoms with van der Waals surface area (Å²) in [6.07, 6.45) is 1.41. The van der Waals surface area contributed by atoms with E-state index in [0.717, 1.165) is 5.56 Å². The fourth-order valence-electron chi connectivity index (χ4n) is 0.629. The number of hydrogen-bond acceptors (Lipinski definition) is 2. The largest absolute Gasteiger partial charge is 0.123 e. The van der Waals surface area contributed by atoms with E-state index in [9.17, 15) is 4.91 Å². The van der Waals surface area contributed by atoms with Crippen LogP contribution in [-0.2, 0) is 0 Å². The molecular formula is C7H6N2O. The first-order chi connectivity index (χ1) is 4.93. The molecule has 0 heterocycles. The minimum atomic E-state index is 0.877. The fraction of sp³-hybridized carbons (Fsp3) is 0. The van der Waals surface area contributed by atoms with Crippen molar-refractivity contribution in [2.75, 3.05) is 0 Å². The Bertz CT molecular complexity index is 231. The maximum atomic E-state index is 9.53. The molecule has 0 unspecified atom stereocenters. The summed E-state index contributed by atoms with van der Waals surface area (Å²) < 4.78 is 0. The minimum Gasteiger partial charge on any atom is -0.123 e. The van der Waals surface area contributed by atoms with Gasteiger partial charge in [-0.2, -0.15) is 0 Å². The van der Waals surface area contributed by atoms with Crippen LogP contribution in [0.4, 0.5) is 0 Å². The van der Waals surface area contributed by atoms with Crippen molar-refractivity contribution in [2.45, 2.75) is 0 Å². The third-order valence-corrected chi connectivity index (χ3v) is 1.05. The molecule has 0 saturated carbocycles. The molecule has 0 spiro atoms. The van der Waals surface area contributed by atoms with Crippen molar-refractivity contribution in [3.05, 3.63) is 40.8 Å². The molecule has 0 aliphatic rings. The summed E-state index contributed by atoms with van der Waals surface area (Å²) in [4.78, 5) is 9.53. The van der Waals surface area contributed by atoms with Crippen molar-refractivity contribution in [3.63, 3.8) is 0 Å². The smallest absolute Gasteiger partial charge is 0.0797 e. The fourth-order valence-corrected chi connectivity index (χ4v) is 0.629. The molecule has 3 heteroatoms. The van der Waals surface area contributed by atoms with Gasteiger partial charge >= 0.3 is 0 Å². The Morgan fingerprint density at radius 3 is 2.50 bits per heavy atom. The van der Waals surface area contributed by atoms with Crippen molar-refractivity contribution in [2.24, 2.45) is 10.4 Å². The number of benzene rings is 1. The van der Waals surface area contributed by atoms with Gasteiger partial charge in [-0.15, -0.1) is 10.0 Å². The highest BCUT2D eigenvalue weighted by Gasteiger charge is 1.80. The van der Waals surface area contributed by atoms with Crippen molar-refractivity contribution < 1.29 is 0 Å². The summed E-state index contributed by atoms with van der Waals surface area (Å²) in [6, 6.07) is 9.31. The highest BCUT2D eigenvalue weighted by Crippen LogP contribution is 1.93. The van der Waals surface area contributed by atoms with Crippen LogP contribution in [0.3, 0.4) is 0 Å². The minimum absolute atomic E-state index is 0.877. The van der Waals surface area contributed by atoms with Crippen LogP contribution in [0.1, 0.15) is 5.56 Å². The van der Waals surface area contributed by atoms with Crippen LogP contribution >= 0.6 is 0 Å². The molecule has 0 atom stereocenters. The molecule has 0 aliphatic carbocycles. The molecule has 0 N–H and O–H groups in total. The first kappa shape index (κ1) is 6.61. The molecule has 0 bridgehead atoms. The van der Waals surface area contributed by atoms with E-state index >= 15 is 0 Å². The predicted octanol–water partition coefficient (Wildman–Crippen LogP) is 1.79. The molecule has 50 valence electrons. The van der Waals surface area contributed by atoms with E-state index < -0.39 is 0 Å². The van der Waals surface area contributed by atoms with Gasteiger partial charge in [0.05, 0.1) is 11.5 Å². The molecule has 0 aliphatic heterocycles. The molecule has 0 fully saturated rings. The van der Waals surface area contributed by atoms with Gasteiger partial charge in [0.1, 0.15) is 0 Å². The second-order valence-corrected chi connectivity index (χ2v) is 1.74. The molecule has 1 rings (SSSR count). The second kappa shape index (κ2) is 3.50. The van der Waals surface area contributed by atoms with Gasteiger partial charge in [-0.05, 0) is 5.56 Å². The first-order valence-electron chi connectivity index (χ1n) is 2.84. The van der Waals surface area contributed by atoms with Crippen LogP contribution in [0.15, 0.2) is 40.7 Å². The predicted molar refractivity (Wildman–Crippen MR) is 39.8 cm³/mol. The maximum Gasteiger partial charge on any atom is 0.0797 e. The van der Waals surface area contributed by atoms with Gasteiger partial charge in [0.15, 0.2) is 0 Å². The zero-order valence-corrected chi connectivity index (χ0v) is 5.27. The van der Waals surface area contributed by atoms with Crippen LogP contribution in [0.25, 0.3) is 0 Å². The third-order valence-electron chi connectivity index (χ3n) is 1.05. The van der Waals surface area contributed by atoms with E-state index in [1.165, 1.54) is 6.21 Å². The highest BCUT2D eigenvalue weighted by atomic mass is 16.3. The summed E-state index contributed by atoms with van der Waals surface area (Å²) in [5, 5.41) is 5.54. The summed E-state index contributed by atoms with van der Waals surface area (Å²) in [5.41, 5.74) is 0.877. The van der Waals surface area contributed by atoms with Crippen molar-refractivity contribution in [1.29, 1.82) is 0 Å². The number of rotatable bonds is 2. The lowest BCUT2D eigenvalue weighted by atomic mass is 10.2. The van der Waals surface area contributed by atoms with Gasteiger partial charge in [0.25, 0.3) is 0 Å². The average molecular weight is 134 g/mol. The van der Waals surface area contributed by atoms with Crippen LogP contribution in [0.2, 0.25) is 0 Å². The van der Waals surface area contributed by atoms with E-state index in [1.807, 2.05) is 30.3 Å². The lowest BCUT2D eigenvalue weighted by Crippen LogP contribution is -1.75. The van der Waals surface area contributed by atoms with E-state index in [0.29, 0.717) is 0 Å². The molecule has 10 heavy (non-hydrogen) atoms. The quantitative estimate of drug-likeness (QED) is 0.345. The van der Waals surface area contributed by atoms with E-state index in [1.54, 1.807) is 0 Å². The summed E-state index contributed by atoms with van der Waals surface area (Å²) in [5.74, 6) is 0. The Balaban J connectivity index is 2.76. The van der Waals surface area contributed by atoms with Gasteiger partial charge < -0.3 is 0 Å². The van der Waals surface area contributed by atoms with Crippen LogP contribution in [-0.4, -0.2) is 6.21 Å². The lowest BCUT2D eigenvalue weighted by Gasteiger charge is -1.85. The maximum absolute atomic E-state index is 9.53. The molecule has 0 radical (unpaired) electrons. The molecule has 0 aromatic heterocycles. The van der Waals surface area contributed by atoms with E-state index in [4.69, 9.17) is 0 Å². The van der Waals surface area contributed by atoms with Gasteiger partial charge in [-0.1, -0.05) is 30.3 Å². The second-order valence-electron chi connectivity index (χ2n) is 1.74. The van der Waals surface area contributed by atoms with Gasteiger partial charge in [0.2, 0.25) is 0 Å².